The molecule has 1 N–H and O–H groups in total. The summed E-state index contributed by atoms with van der Waals surface area (Å²) in [4.78, 5) is 14.1. The Bertz CT molecular complexity index is 293. The lowest BCUT2D eigenvalue weighted by atomic mass is 9.94. The van der Waals surface area contributed by atoms with E-state index >= 15 is 0 Å². The van der Waals surface area contributed by atoms with Gasteiger partial charge in [-0.15, -0.1) is 0 Å². The minimum Gasteiger partial charge on any atom is -0.338 e. The van der Waals surface area contributed by atoms with E-state index in [2.05, 4.69) is 18.3 Å². The fourth-order valence-electron chi connectivity index (χ4n) is 2.78. The Morgan fingerprint density at radius 1 is 1.59 bits per heavy atom. The molecule has 3 heteroatoms. The van der Waals surface area contributed by atoms with Gasteiger partial charge in [-0.2, -0.15) is 0 Å². The van der Waals surface area contributed by atoms with Crippen molar-refractivity contribution in [1.82, 2.24) is 10.2 Å². The second-order valence-electron chi connectivity index (χ2n) is 5.41. The second kappa shape index (κ2) is 6.20. The fourth-order valence-corrected chi connectivity index (χ4v) is 2.78. The molecule has 0 aromatic carbocycles. The van der Waals surface area contributed by atoms with Crippen LogP contribution in [0.25, 0.3) is 0 Å². The van der Waals surface area contributed by atoms with Crippen LogP contribution in [0.3, 0.4) is 0 Å². The van der Waals surface area contributed by atoms with Crippen LogP contribution >= 0.6 is 0 Å². The molecule has 0 aliphatic carbocycles. The molecule has 2 aliphatic rings. The maximum Gasteiger partial charge on any atom is 0.222 e. The van der Waals surface area contributed by atoms with Crippen molar-refractivity contribution in [3.8, 4) is 0 Å². The monoisotopic (exact) mass is 236 g/mol. The van der Waals surface area contributed by atoms with Gasteiger partial charge in [-0.3, -0.25) is 4.79 Å². The summed E-state index contributed by atoms with van der Waals surface area (Å²) in [7, 11) is 0. The van der Waals surface area contributed by atoms with E-state index in [1.165, 1.54) is 18.4 Å². The molecule has 1 saturated heterocycles. The number of amides is 1. The maximum atomic E-state index is 12.1. The molecule has 0 bridgehead atoms. The molecular weight excluding hydrogens is 212 g/mol. The van der Waals surface area contributed by atoms with Crippen LogP contribution in [0.15, 0.2) is 11.6 Å². The fraction of sp³-hybridized carbons (Fsp3) is 0.786. The number of hydrogen-bond donors (Lipinski definition) is 1. The Balaban J connectivity index is 1.71. The van der Waals surface area contributed by atoms with Gasteiger partial charge >= 0.3 is 0 Å². The molecule has 96 valence electrons. The number of rotatable bonds is 3. The molecule has 1 amide bonds. The molecule has 17 heavy (non-hydrogen) atoms. The smallest absolute Gasteiger partial charge is 0.222 e. The average Bonchev–Trinajstić information content (AvgIpc) is 2.37. The summed E-state index contributed by atoms with van der Waals surface area (Å²) in [6.07, 6.45) is 7.63. The Kier molecular flexibility index (Phi) is 4.60. The van der Waals surface area contributed by atoms with Crippen molar-refractivity contribution >= 4 is 5.91 Å². The van der Waals surface area contributed by atoms with Crippen molar-refractivity contribution < 1.29 is 4.79 Å². The van der Waals surface area contributed by atoms with Gasteiger partial charge in [-0.25, -0.2) is 0 Å². The van der Waals surface area contributed by atoms with Gasteiger partial charge < -0.3 is 10.2 Å². The summed E-state index contributed by atoms with van der Waals surface area (Å²) in [6, 6.07) is 0. The summed E-state index contributed by atoms with van der Waals surface area (Å²) in [6.45, 7) is 6.14. The Morgan fingerprint density at radius 2 is 2.47 bits per heavy atom. The highest BCUT2D eigenvalue weighted by atomic mass is 16.2. The zero-order chi connectivity index (χ0) is 12.1. The number of piperidine rings is 1. The largest absolute Gasteiger partial charge is 0.338 e. The third kappa shape index (κ3) is 3.84. The van der Waals surface area contributed by atoms with Crippen molar-refractivity contribution in [2.24, 2.45) is 5.92 Å². The van der Waals surface area contributed by atoms with Crippen molar-refractivity contribution in [3.63, 3.8) is 0 Å². The highest BCUT2D eigenvalue weighted by Crippen LogP contribution is 2.18. The molecule has 2 heterocycles. The molecule has 3 nitrogen and oxygen atoms in total. The number of hydrogen-bond acceptors (Lipinski definition) is 2. The first-order chi connectivity index (χ1) is 8.25. The van der Waals surface area contributed by atoms with Crippen molar-refractivity contribution in [2.45, 2.75) is 39.0 Å². The van der Waals surface area contributed by atoms with E-state index in [-0.39, 0.29) is 0 Å². The predicted octanol–water partition coefficient (Wildman–Crippen LogP) is 1.94. The van der Waals surface area contributed by atoms with Crippen molar-refractivity contribution in [3.05, 3.63) is 11.6 Å². The first kappa shape index (κ1) is 12.6. The van der Waals surface area contributed by atoms with Crippen molar-refractivity contribution in [2.75, 3.05) is 26.2 Å². The lowest BCUT2D eigenvalue weighted by molar-refractivity contribution is -0.131. The SMILES string of the molecule is CC1=CCCN(C(=O)CCC2CCCNC2)C1. The molecule has 0 saturated carbocycles. The number of carbonyl (C=O) groups is 1. The third-order valence-corrected chi connectivity index (χ3v) is 3.85. The molecule has 2 rings (SSSR count). The number of nitrogens with one attached hydrogen (secondary N) is 1. The van der Waals surface area contributed by atoms with Gasteiger partial charge in [0, 0.05) is 19.5 Å². The average molecular weight is 236 g/mol. The van der Waals surface area contributed by atoms with Crippen LogP contribution in [0.4, 0.5) is 0 Å². The summed E-state index contributed by atoms with van der Waals surface area (Å²) >= 11 is 0. The van der Waals surface area contributed by atoms with Crippen LogP contribution in [0, 0.1) is 5.92 Å². The van der Waals surface area contributed by atoms with Gasteiger partial charge in [0.05, 0.1) is 0 Å². The van der Waals surface area contributed by atoms with Gasteiger partial charge in [0.2, 0.25) is 5.91 Å². The summed E-state index contributed by atoms with van der Waals surface area (Å²) in [5.41, 5.74) is 1.34. The molecule has 1 atom stereocenters. The molecule has 0 radical (unpaired) electrons. The lowest BCUT2D eigenvalue weighted by Gasteiger charge is -2.28. The minimum atomic E-state index is 0.350. The maximum absolute atomic E-state index is 12.1. The molecule has 0 aromatic rings. The summed E-state index contributed by atoms with van der Waals surface area (Å²) in [5, 5.41) is 3.41. The van der Waals surface area contributed by atoms with E-state index in [1.807, 2.05) is 4.90 Å². The van der Waals surface area contributed by atoms with Crippen LogP contribution in [0.2, 0.25) is 0 Å². The Hall–Kier alpha value is -0.830. The van der Waals surface area contributed by atoms with E-state index in [0.717, 1.165) is 45.4 Å². The summed E-state index contributed by atoms with van der Waals surface area (Å²) < 4.78 is 0. The van der Waals surface area contributed by atoms with E-state index in [9.17, 15) is 4.79 Å². The van der Waals surface area contributed by atoms with Crippen LogP contribution in [-0.4, -0.2) is 37.0 Å². The quantitative estimate of drug-likeness (QED) is 0.760. The third-order valence-electron chi connectivity index (χ3n) is 3.85. The molecule has 1 fully saturated rings. The van der Waals surface area contributed by atoms with Crippen LogP contribution in [0.1, 0.15) is 39.0 Å². The molecule has 2 aliphatic heterocycles. The lowest BCUT2D eigenvalue weighted by Crippen LogP contribution is -2.36. The highest BCUT2D eigenvalue weighted by molar-refractivity contribution is 5.76. The number of nitrogens with zero attached hydrogens (tertiary/aromatic N) is 1. The predicted molar refractivity (Wildman–Crippen MR) is 69.8 cm³/mol. The van der Waals surface area contributed by atoms with Crippen LogP contribution < -0.4 is 5.32 Å². The zero-order valence-corrected chi connectivity index (χ0v) is 10.9. The van der Waals surface area contributed by atoms with E-state index in [0.29, 0.717) is 11.8 Å². The summed E-state index contributed by atoms with van der Waals surface area (Å²) in [5.74, 6) is 1.07. The standard InChI is InChI=1S/C14H24N2O/c1-12-4-3-9-16(11-12)14(17)7-6-13-5-2-8-15-10-13/h4,13,15H,2-3,5-11H2,1H3. The highest BCUT2D eigenvalue weighted by Gasteiger charge is 2.19. The normalized spacial score (nSPS) is 25.6. The number of carbonyl (C=O) groups excluding carboxylic acids is 1. The second-order valence-corrected chi connectivity index (χ2v) is 5.41. The van der Waals surface area contributed by atoms with Crippen molar-refractivity contribution in [1.29, 1.82) is 0 Å². The van der Waals surface area contributed by atoms with Gasteiger partial charge in [-0.1, -0.05) is 11.6 Å². The van der Waals surface area contributed by atoms with Crippen LogP contribution in [0.5, 0.6) is 0 Å². The Labute approximate surface area is 104 Å². The Morgan fingerprint density at radius 3 is 3.18 bits per heavy atom. The van der Waals surface area contributed by atoms with Gasteiger partial charge in [0.15, 0.2) is 0 Å². The van der Waals surface area contributed by atoms with Gasteiger partial charge in [-0.05, 0) is 51.6 Å². The van der Waals surface area contributed by atoms with Crippen LogP contribution in [-0.2, 0) is 4.79 Å². The van der Waals surface area contributed by atoms with Gasteiger partial charge in [0.1, 0.15) is 0 Å². The molecule has 1 unspecified atom stereocenters. The van der Waals surface area contributed by atoms with Gasteiger partial charge in [0.25, 0.3) is 0 Å². The van der Waals surface area contributed by atoms with E-state index in [4.69, 9.17) is 0 Å². The first-order valence-corrected chi connectivity index (χ1v) is 6.90. The topological polar surface area (TPSA) is 32.3 Å². The molecule has 0 spiro atoms. The molecule has 0 aromatic heterocycles. The van der Waals surface area contributed by atoms with E-state index < -0.39 is 0 Å². The first-order valence-electron chi connectivity index (χ1n) is 6.90. The minimum absolute atomic E-state index is 0.350. The molecular formula is C14H24N2O. The zero-order valence-electron chi connectivity index (χ0n) is 10.9. The van der Waals surface area contributed by atoms with E-state index in [1.54, 1.807) is 0 Å².